The number of fused-ring (bicyclic) bond motifs is 1. The fourth-order valence-electron chi connectivity index (χ4n) is 2.81. The van der Waals surface area contributed by atoms with Gasteiger partial charge >= 0.3 is 5.97 Å². The lowest BCUT2D eigenvalue weighted by Gasteiger charge is -2.15. The average molecular weight is 335 g/mol. The summed E-state index contributed by atoms with van der Waals surface area (Å²) < 4.78 is 1.04. The molecule has 4 nitrogen and oxygen atoms in total. The zero-order chi connectivity index (χ0) is 14.1. The predicted octanol–water partition coefficient (Wildman–Crippen LogP) is 3.66. The molecule has 1 aromatic heterocycles. The lowest BCUT2D eigenvalue weighted by Crippen LogP contribution is -2.18. The van der Waals surface area contributed by atoms with Gasteiger partial charge in [0.25, 0.3) is 0 Å². The number of benzene rings is 1. The van der Waals surface area contributed by atoms with Gasteiger partial charge in [-0.3, -0.25) is 4.79 Å². The van der Waals surface area contributed by atoms with Crippen LogP contribution in [0.1, 0.15) is 19.3 Å². The van der Waals surface area contributed by atoms with Gasteiger partial charge in [-0.05, 0) is 31.4 Å². The van der Waals surface area contributed by atoms with Crippen molar-refractivity contribution in [3.8, 4) is 0 Å². The molecule has 0 spiro atoms. The SMILES string of the molecule is O=C(O)C1CCC(Nc2nccc3c(Br)cccc23)C1. The Bertz CT molecular complexity index is 659. The summed E-state index contributed by atoms with van der Waals surface area (Å²) in [6.07, 6.45) is 4.06. The first-order chi connectivity index (χ1) is 9.65. The van der Waals surface area contributed by atoms with Crippen molar-refractivity contribution >= 4 is 38.5 Å². The standard InChI is InChI=1S/C15H15BrN2O2/c16-13-3-1-2-12-11(13)6-7-17-14(12)18-10-5-4-9(8-10)15(19)20/h1-3,6-7,9-10H,4-5,8H2,(H,17,18)(H,19,20). The summed E-state index contributed by atoms with van der Waals surface area (Å²) in [5.41, 5.74) is 0. The van der Waals surface area contributed by atoms with Crippen molar-refractivity contribution in [1.82, 2.24) is 4.98 Å². The Kier molecular flexibility index (Phi) is 3.61. The fourth-order valence-corrected chi connectivity index (χ4v) is 3.31. The molecule has 1 heterocycles. The van der Waals surface area contributed by atoms with Gasteiger partial charge in [-0.25, -0.2) is 4.98 Å². The van der Waals surface area contributed by atoms with Crippen LogP contribution < -0.4 is 5.32 Å². The van der Waals surface area contributed by atoms with Crippen LogP contribution in [0.2, 0.25) is 0 Å². The fraction of sp³-hybridized carbons (Fsp3) is 0.333. The smallest absolute Gasteiger partial charge is 0.306 e. The van der Waals surface area contributed by atoms with Crippen molar-refractivity contribution in [2.24, 2.45) is 5.92 Å². The van der Waals surface area contributed by atoms with Gasteiger partial charge in [0.2, 0.25) is 0 Å². The molecule has 2 unspecified atom stereocenters. The van der Waals surface area contributed by atoms with Crippen LogP contribution >= 0.6 is 15.9 Å². The Morgan fingerprint density at radius 2 is 2.15 bits per heavy atom. The Hall–Kier alpha value is -1.62. The molecule has 1 fully saturated rings. The number of pyridine rings is 1. The van der Waals surface area contributed by atoms with E-state index >= 15 is 0 Å². The van der Waals surface area contributed by atoms with E-state index in [1.54, 1.807) is 6.20 Å². The van der Waals surface area contributed by atoms with Gasteiger partial charge in [-0.15, -0.1) is 0 Å². The van der Waals surface area contributed by atoms with Crippen molar-refractivity contribution < 1.29 is 9.90 Å². The highest BCUT2D eigenvalue weighted by molar-refractivity contribution is 9.10. The normalized spacial score (nSPS) is 22.1. The van der Waals surface area contributed by atoms with E-state index in [4.69, 9.17) is 5.11 Å². The van der Waals surface area contributed by atoms with E-state index in [0.717, 1.165) is 33.9 Å². The van der Waals surface area contributed by atoms with Crippen molar-refractivity contribution in [3.63, 3.8) is 0 Å². The van der Waals surface area contributed by atoms with Crippen molar-refractivity contribution in [3.05, 3.63) is 34.9 Å². The van der Waals surface area contributed by atoms with Crippen LogP contribution in [0.3, 0.4) is 0 Å². The first-order valence-electron chi connectivity index (χ1n) is 6.67. The molecule has 104 valence electrons. The van der Waals surface area contributed by atoms with E-state index in [2.05, 4.69) is 26.2 Å². The quantitative estimate of drug-likeness (QED) is 0.899. The summed E-state index contributed by atoms with van der Waals surface area (Å²) in [7, 11) is 0. The summed E-state index contributed by atoms with van der Waals surface area (Å²) in [6.45, 7) is 0. The number of anilines is 1. The lowest BCUT2D eigenvalue weighted by molar-refractivity contribution is -0.141. The Balaban J connectivity index is 1.85. The van der Waals surface area contributed by atoms with Crippen LogP contribution in [0, 0.1) is 5.92 Å². The third kappa shape index (κ3) is 2.50. The van der Waals surface area contributed by atoms with Crippen LogP contribution in [0.4, 0.5) is 5.82 Å². The lowest BCUT2D eigenvalue weighted by atomic mass is 10.1. The third-order valence-electron chi connectivity index (χ3n) is 3.88. The second-order valence-corrected chi connectivity index (χ2v) is 6.04. The molecule has 5 heteroatoms. The molecular weight excluding hydrogens is 320 g/mol. The Labute approximate surface area is 125 Å². The maximum Gasteiger partial charge on any atom is 0.306 e. The number of halogens is 1. The predicted molar refractivity (Wildman–Crippen MR) is 81.8 cm³/mol. The number of carboxylic acids is 1. The van der Waals surface area contributed by atoms with Gasteiger partial charge in [-0.2, -0.15) is 0 Å². The summed E-state index contributed by atoms with van der Waals surface area (Å²) >= 11 is 3.54. The molecule has 2 atom stereocenters. The van der Waals surface area contributed by atoms with Gasteiger partial charge in [0.1, 0.15) is 5.82 Å². The molecule has 1 aromatic carbocycles. The molecular formula is C15H15BrN2O2. The van der Waals surface area contributed by atoms with Gasteiger partial charge in [0, 0.05) is 27.5 Å². The minimum atomic E-state index is -0.692. The topological polar surface area (TPSA) is 62.2 Å². The molecule has 2 aromatic rings. The van der Waals surface area contributed by atoms with Gasteiger partial charge in [0.05, 0.1) is 5.92 Å². The van der Waals surface area contributed by atoms with Gasteiger partial charge in [0.15, 0.2) is 0 Å². The number of aromatic nitrogens is 1. The highest BCUT2D eigenvalue weighted by Gasteiger charge is 2.29. The molecule has 0 bridgehead atoms. The molecule has 2 N–H and O–H groups in total. The maximum atomic E-state index is 11.0. The largest absolute Gasteiger partial charge is 0.481 e. The zero-order valence-electron chi connectivity index (χ0n) is 10.8. The highest BCUT2D eigenvalue weighted by Crippen LogP contribution is 2.32. The maximum absolute atomic E-state index is 11.0. The van der Waals surface area contributed by atoms with Crippen LogP contribution in [0.5, 0.6) is 0 Å². The van der Waals surface area contributed by atoms with Crippen LogP contribution in [0.15, 0.2) is 34.9 Å². The molecule has 0 radical (unpaired) electrons. The first kappa shape index (κ1) is 13.4. The minimum absolute atomic E-state index is 0.188. The van der Waals surface area contributed by atoms with Crippen LogP contribution in [-0.2, 0) is 4.79 Å². The monoisotopic (exact) mass is 334 g/mol. The second-order valence-electron chi connectivity index (χ2n) is 5.18. The number of rotatable bonds is 3. The number of hydrogen-bond donors (Lipinski definition) is 2. The number of carboxylic acid groups (broad SMARTS) is 1. The van der Waals surface area contributed by atoms with Crippen molar-refractivity contribution in [1.29, 1.82) is 0 Å². The number of hydrogen-bond acceptors (Lipinski definition) is 3. The number of nitrogens with one attached hydrogen (secondary N) is 1. The van der Waals surface area contributed by atoms with E-state index < -0.39 is 5.97 Å². The van der Waals surface area contributed by atoms with Crippen LogP contribution in [0.25, 0.3) is 10.8 Å². The molecule has 1 saturated carbocycles. The minimum Gasteiger partial charge on any atom is -0.481 e. The number of nitrogens with zero attached hydrogens (tertiary/aromatic N) is 1. The van der Waals surface area contributed by atoms with Crippen molar-refractivity contribution in [2.45, 2.75) is 25.3 Å². The zero-order valence-corrected chi connectivity index (χ0v) is 12.4. The van der Waals surface area contributed by atoms with Crippen molar-refractivity contribution in [2.75, 3.05) is 5.32 Å². The molecule has 20 heavy (non-hydrogen) atoms. The molecule has 3 rings (SSSR count). The number of carbonyl (C=O) groups is 1. The van der Waals surface area contributed by atoms with E-state index in [1.165, 1.54) is 0 Å². The third-order valence-corrected chi connectivity index (χ3v) is 4.57. The van der Waals surface area contributed by atoms with Crippen LogP contribution in [-0.4, -0.2) is 22.1 Å². The summed E-state index contributed by atoms with van der Waals surface area (Å²) in [6, 6.07) is 8.17. The summed E-state index contributed by atoms with van der Waals surface area (Å²) in [5, 5.41) is 14.6. The highest BCUT2D eigenvalue weighted by atomic mass is 79.9. The van der Waals surface area contributed by atoms with E-state index in [0.29, 0.717) is 6.42 Å². The van der Waals surface area contributed by atoms with Gasteiger partial charge in [-0.1, -0.05) is 28.1 Å². The van der Waals surface area contributed by atoms with E-state index in [-0.39, 0.29) is 12.0 Å². The molecule has 1 aliphatic rings. The summed E-state index contributed by atoms with van der Waals surface area (Å²) in [4.78, 5) is 15.4. The Morgan fingerprint density at radius 1 is 1.30 bits per heavy atom. The summed E-state index contributed by atoms with van der Waals surface area (Å²) in [5.74, 6) is -0.0861. The Morgan fingerprint density at radius 3 is 2.90 bits per heavy atom. The second kappa shape index (κ2) is 5.40. The molecule has 1 aliphatic carbocycles. The van der Waals surface area contributed by atoms with E-state index in [1.807, 2.05) is 24.3 Å². The molecule has 0 saturated heterocycles. The van der Waals surface area contributed by atoms with Gasteiger partial charge < -0.3 is 10.4 Å². The first-order valence-corrected chi connectivity index (χ1v) is 7.47. The molecule has 0 amide bonds. The number of aliphatic carboxylic acids is 1. The van der Waals surface area contributed by atoms with E-state index in [9.17, 15) is 4.79 Å². The molecule has 0 aliphatic heterocycles. The average Bonchev–Trinajstić information content (AvgIpc) is 2.89.